The van der Waals surface area contributed by atoms with Crippen molar-refractivity contribution < 1.29 is 0 Å². The number of benzene rings is 1. The van der Waals surface area contributed by atoms with Crippen LogP contribution in [0.4, 0.5) is 11.4 Å². The summed E-state index contributed by atoms with van der Waals surface area (Å²) >= 11 is 1.71. The number of aryl methyl sites for hydroxylation is 1. The third kappa shape index (κ3) is 2.51. The fraction of sp³-hybridized carbons (Fsp3) is 0.143. The molecule has 3 rings (SSSR count). The molecule has 3 N–H and O–H groups in total. The van der Waals surface area contributed by atoms with Gasteiger partial charge in [-0.05, 0) is 31.2 Å². The summed E-state index contributed by atoms with van der Waals surface area (Å²) in [5.74, 6) is 0. The third-order valence-electron chi connectivity index (χ3n) is 2.89. The number of nitrogens with two attached hydrogens (primary N) is 1. The number of hydrogen-bond donors (Lipinski definition) is 2. The first-order valence-corrected chi connectivity index (χ1v) is 6.83. The van der Waals surface area contributed by atoms with E-state index in [0.717, 1.165) is 33.8 Å². The van der Waals surface area contributed by atoms with Crippen LogP contribution in [0.2, 0.25) is 0 Å². The summed E-state index contributed by atoms with van der Waals surface area (Å²) in [4.78, 5) is 9.80. The molecule has 2 heterocycles. The highest BCUT2D eigenvalue weighted by Crippen LogP contribution is 2.24. The standard InChI is InChI=1S/C14H14N4S/c1-9-17-7-11(19-9)8-18-13-4-5-16-14-6-10(15)2-3-12(13)14/h2-7H,8,15H2,1H3,(H,16,18). The van der Waals surface area contributed by atoms with Crippen LogP contribution in [-0.4, -0.2) is 9.97 Å². The van der Waals surface area contributed by atoms with Gasteiger partial charge in [-0.15, -0.1) is 11.3 Å². The van der Waals surface area contributed by atoms with Crippen LogP contribution in [0.3, 0.4) is 0 Å². The number of fused-ring (bicyclic) bond motifs is 1. The lowest BCUT2D eigenvalue weighted by atomic mass is 10.1. The minimum atomic E-state index is 0.732. The number of nitrogens with zero attached hydrogens (tertiary/aromatic N) is 2. The summed E-state index contributed by atoms with van der Waals surface area (Å²) in [5.41, 5.74) is 8.48. The van der Waals surface area contributed by atoms with Gasteiger partial charge in [0, 0.05) is 34.0 Å². The molecule has 0 atom stereocenters. The molecule has 0 aliphatic carbocycles. The smallest absolute Gasteiger partial charge is 0.0897 e. The fourth-order valence-corrected chi connectivity index (χ4v) is 2.72. The number of aromatic nitrogens is 2. The fourth-order valence-electron chi connectivity index (χ4n) is 1.99. The van der Waals surface area contributed by atoms with E-state index >= 15 is 0 Å². The molecule has 0 bridgehead atoms. The van der Waals surface area contributed by atoms with Gasteiger partial charge in [0.1, 0.15) is 0 Å². The Hall–Kier alpha value is -2.14. The molecule has 0 saturated heterocycles. The number of nitrogen functional groups attached to an aromatic ring is 1. The summed E-state index contributed by atoms with van der Waals surface area (Å²) in [5, 5.41) is 5.59. The van der Waals surface area contributed by atoms with Crippen molar-refractivity contribution in [3.8, 4) is 0 Å². The molecule has 0 aliphatic heterocycles. The van der Waals surface area contributed by atoms with Crippen LogP contribution in [0.25, 0.3) is 10.9 Å². The van der Waals surface area contributed by atoms with Crippen molar-refractivity contribution in [1.82, 2.24) is 9.97 Å². The summed E-state index contributed by atoms with van der Waals surface area (Å²) in [6.07, 6.45) is 3.70. The molecule has 1 aromatic carbocycles. The highest BCUT2D eigenvalue weighted by molar-refractivity contribution is 7.11. The Bertz CT molecular complexity index is 720. The van der Waals surface area contributed by atoms with Crippen molar-refractivity contribution in [3.63, 3.8) is 0 Å². The number of anilines is 2. The first-order valence-electron chi connectivity index (χ1n) is 6.02. The Morgan fingerprint density at radius 2 is 2.16 bits per heavy atom. The number of thiazole rings is 1. The van der Waals surface area contributed by atoms with Crippen molar-refractivity contribution in [2.75, 3.05) is 11.1 Å². The summed E-state index contributed by atoms with van der Waals surface area (Å²) in [7, 11) is 0. The van der Waals surface area contributed by atoms with Gasteiger partial charge in [0.15, 0.2) is 0 Å². The van der Waals surface area contributed by atoms with Crippen LogP contribution in [0.5, 0.6) is 0 Å². The normalized spacial score (nSPS) is 10.8. The van der Waals surface area contributed by atoms with Crippen LogP contribution in [0.15, 0.2) is 36.7 Å². The Morgan fingerprint density at radius 3 is 2.95 bits per heavy atom. The van der Waals surface area contributed by atoms with Crippen molar-refractivity contribution in [1.29, 1.82) is 0 Å². The minimum Gasteiger partial charge on any atom is -0.399 e. The van der Waals surface area contributed by atoms with Crippen LogP contribution in [0, 0.1) is 6.92 Å². The zero-order chi connectivity index (χ0) is 13.2. The van der Waals surface area contributed by atoms with Gasteiger partial charge in [-0.1, -0.05) is 0 Å². The maximum atomic E-state index is 5.77. The second-order valence-electron chi connectivity index (χ2n) is 4.33. The zero-order valence-corrected chi connectivity index (χ0v) is 11.4. The van der Waals surface area contributed by atoms with Crippen LogP contribution in [-0.2, 0) is 6.54 Å². The molecule has 0 aliphatic rings. The largest absolute Gasteiger partial charge is 0.399 e. The lowest BCUT2D eigenvalue weighted by Gasteiger charge is -2.08. The second kappa shape index (κ2) is 4.85. The van der Waals surface area contributed by atoms with Crippen LogP contribution < -0.4 is 11.1 Å². The molecule has 0 saturated carbocycles. The van der Waals surface area contributed by atoms with Crippen LogP contribution >= 0.6 is 11.3 Å². The van der Waals surface area contributed by atoms with E-state index in [1.807, 2.05) is 37.4 Å². The molecule has 0 radical (unpaired) electrons. The van der Waals surface area contributed by atoms with Gasteiger partial charge in [0.2, 0.25) is 0 Å². The average molecular weight is 270 g/mol. The van der Waals surface area contributed by atoms with E-state index in [0.29, 0.717) is 0 Å². The van der Waals surface area contributed by atoms with Gasteiger partial charge >= 0.3 is 0 Å². The predicted molar refractivity (Wildman–Crippen MR) is 80.3 cm³/mol. The molecule has 96 valence electrons. The predicted octanol–water partition coefficient (Wildman–Crippen LogP) is 3.19. The number of rotatable bonds is 3. The van der Waals surface area contributed by atoms with Gasteiger partial charge in [0.25, 0.3) is 0 Å². The van der Waals surface area contributed by atoms with Gasteiger partial charge in [-0.2, -0.15) is 0 Å². The summed E-state index contributed by atoms with van der Waals surface area (Å²) in [6.45, 7) is 2.79. The van der Waals surface area contributed by atoms with E-state index < -0.39 is 0 Å². The molecular weight excluding hydrogens is 256 g/mol. The van der Waals surface area contributed by atoms with E-state index in [-0.39, 0.29) is 0 Å². The first-order chi connectivity index (χ1) is 9.22. The monoisotopic (exact) mass is 270 g/mol. The Morgan fingerprint density at radius 1 is 1.26 bits per heavy atom. The van der Waals surface area contributed by atoms with E-state index in [9.17, 15) is 0 Å². The van der Waals surface area contributed by atoms with Crippen molar-refractivity contribution >= 4 is 33.6 Å². The Kier molecular flexibility index (Phi) is 3.05. The molecule has 0 spiro atoms. The molecule has 0 fully saturated rings. The highest BCUT2D eigenvalue weighted by atomic mass is 32.1. The van der Waals surface area contributed by atoms with E-state index in [1.54, 1.807) is 17.5 Å². The van der Waals surface area contributed by atoms with Crippen molar-refractivity contribution in [3.05, 3.63) is 46.5 Å². The first kappa shape index (κ1) is 11.9. The SMILES string of the molecule is Cc1ncc(CNc2ccnc3cc(N)ccc23)s1. The van der Waals surface area contributed by atoms with Gasteiger partial charge in [-0.25, -0.2) is 4.98 Å². The summed E-state index contributed by atoms with van der Waals surface area (Å²) in [6, 6.07) is 7.76. The number of hydrogen-bond acceptors (Lipinski definition) is 5. The number of nitrogens with one attached hydrogen (secondary N) is 1. The zero-order valence-electron chi connectivity index (χ0n) is 10.6. The summed E-state index contributed by atoms with van der Waals surface area (Å²) < 4.78 is 0. The van der Waals surface area contributed by atoms with Gasteiger partial charge in [-0.3, -0.25) is 4.98 Å². The molecule has 5 heteroatoms. The van der Waals surface area contributed by atoms with E-state index in [2.05, 4.69) is 15.3 Å². The maximum absolute atomic E-state index is 5.77. The molecule has 0 amide bonds. The molecule has 4 nitrogen and oxygen atoms in total. The van der Waals surface area contributed by atoms with Gasteiger partial charge in [0.05, 0.1) is 17.1 Å². The average Bonchev–Trinajstić information content (AvgIpc) is 2.81. The molecule has 3 aromatic rings. The lowest BCUT2D eigenvalue weighted by Crippen LogP contribution is -1.99. The highest BCUT2D eigenvalue weighted by Gasteiger charge is 2.03. The molecule has 0 unspecified atom stereocenters. The second-order valence-corrected chi connectivity index (χ2v) is 5.65. The van der Waals surface area contributed by atoms with Crippen LogP contribution in [0.1, 0.15) is 9.88 Å². The van der Waals surface area contributed by atoms with E-state index in [4.69, 9.17) is 5.73 Å². The lowest BCUT2D eigenvalue weighted by molar-refractivity contribution is 1.17. The third-order valence-corrected chi connectivity index (χ3v) is 3.80. The molecule has 2 aromatic heterocycles. The maximum Gasteiger partial charge on any atom is 0.0897 e. The van der Waals surface area contributed by atoms with Crippen molar-refractivity contribution in [2.24, 2.45) is 0 Å². The van der Waals surface area contributed by atoms with E-state index in [1.165, 1.54) is 4.88 Å². The Labute approximate surface area is 115 Å². The number of pyridine rings is 1. The quantitative estimate of drug-likeness (QED) is 0.717. The Balaban J connectivity index is 1.88. The molecule has 19 heavy (non-hydrogen) atoms. The molecular formula is C14H14N4S. The minimum absolute atomic E-state index is 0.732. The van der Waals surface area contributed by atoms with Crippen molar-refractivity contribution in [2.45, 2.75) is 13.5 Å². The topological polar surface area (TPSA) is 63.8 Å². The van der Waals surface area contributed by atoms with Gasteiger partial charge < -0.3 is 11.1 Å².